The van der Waals surface area contributed by atoms with Crippen molar-refractivity contribution in [2.75, 3.05) is 11.5 Å². The normalized spacial score (nSPS) is 24.8. The van der Waals surface area contributed by atoms with Crippen LogP contribution in [0.15, 0.2) is 18.2 Å². The molecule has 2 nitrogen and oxygen atoms in total. The fourth-order valence-corrected chi connectivity index (χ4v) is 5.06. The van der Waals surface area contributed by atoms with Crippen LogP contribution < -0.4 is 0 Å². The molecule has 0 N–H and O–H groups in total. The molecule has 1 aliphatic rings. The molecule has 0 amide bonds. The van der Waals surface area contributed by atoms with Crippen LogP contribution in [-0.2, 0) is 9.84 Å². The van der Waals surface area contributed by atoms with Crippen LogP contribution in [0.3, 0.4) is 0 Å². The van der Waals surface area contributed by atoms with Crippen LogP contribution >= 0.6 is 11.6 Å². The third kappa shape index (κ3) is 2.66. The first kappa shape index (κ1) is 12.9. The summed E-state index contributed by atoms with van der Waals surface area (Å²) in [6.07, 6.45) is 0.685. The van der Waals surface area contributed by atoms with Crippen molar-refractivity contribution in [1.29, 1.82) is 0 Å². The van der Waals surface area contributed by atoms with Gasteiger partial charge >= 0.3 is 0 Å². The van der Waals surface area contributed by atoms with E-state index in [-0.39, 0.29) is 22.8 Å². The van der Waals surface area contributed by atoms with E-state index in [1.165, 1.54) is 0 Å². The predicted molar refractivity (Wildman–Crippen MR) is 71.3 cm³/mol. The van der Waals surface area contributed by atoms with E-state index in [1.54, 1.807) is 0 Å². The molecule has 1 aromatic carbocycles. The van der Waals surface area contributed by atoms with Crippen molar-refractivity contribution in [2.24, 2.45) is 5.92 Å². The van der Waals surface area contributed by atoms with Crippen molar-refractivity contribution < 1.29 is 8.42 Å². The topological polar surface area (TPSA) is 34.1 Å². The molecule has 17 heavy (non-hydrogen) atoms. The average Bonchev–Trinajstić information content (AvgIpc) is 2.58. The van der Waals surface area contributed by atoms with Gasteiger partial charge in [0.25, 0.3) is 0 Å². The van der Waals surface area contributed by atoms with Gasteiger partial charge in [0.05, 0.1) is 16.9 Å². The van der Waals surface area contributed by atoms with E-state index >= 15 is 0 Å². The zero-order valence-electron chi connectivity index (χ0n) is 10.1. The Morgan fingerprint density at radius 3 is 2.35 bits per heavy atom. The van der Waals surface area contributed by atoms with Gasteiger partial charge in [-0.15, -0.1) is 11.6 Å². The molecule has 2 atom stereocenters. The number of hydrogen-bond acceptors (Lipinski definition) is 2. The van der Waals surface area contributed by atoms with E-state index in [0.29, 0.717) is 6.42 Å². The molecule has 0 saturated carbocycles. The highest BCUT2D eigenvalue weighted by molar-refractivity contribution is 7.91. The summed E-state index contributed by atoms with van der Waals surface area (Å²) in [5, 5.41) is -0.187. The van der Waals surface area contributed by atoms with E-state index in [4.69, 9.17) is 11.6 Å². The summed E-state index contributed by atoms with van der Waals surface area (Å²) < 4.78 is 23.0. The van der Waals surface area contributed by atoms with Crippen molar-refractivity contribution in [1.82, 2.24) is 0 Å². The molecular formula is C13H17ClO2S. The first-order valence-electron chi connectivity index (χ1n) is 5.81. The highest BCUT2D eigenvalue weighted by atomic mass is 35.5. The molecule has 1 aliphatic heterocycles. The van der Waals surface area contributed by atoms with Crippen LogP contribution in [0.2, 0.25) is 0 Å². The van der Waals surface area contributed by atoms with Gasteiger partial charge in [0, 0.05) is 0 Å². The summed E-state index contributed by atoms with van der Waals surface area (Å²) in [5.41, 5.74) is 3.40. The van der Waals surface area contributed by atoms with Crippen molar-refractivity contribution in [3.8, 4) is 0 Å². The Balaban J connectivity index is 2.29. The third-order valence-electron chi connectivity index (χ3n) is 3.50. The molecule has 2 unspecified atom stereocenters. The molecule has 1 saturated heterocycles. The molecule has 94 valence electrons. The van der Waals surface area contributed by atoms with Crippen LogP contribution in [0, 0.1) is 19.8 Å². The fourth-order valence-electron chi connectivity index (χ4n) is 2.55. The van der Waals surface area contributed by atoms with Gasteiger partial charge in [-0.25, -0.2) is 8.42 Å². The van der Waals surface area contributed by atoms with Crippen LogP contribution in [0.4, 0.5) is 0 Å². The Labute approximate surface area is 108 Å². The minimum Gasteiger partial charge on any atom is -0.229 e. The number of rotatable bonds is 2. The van der Waals surface area contributed by atoms with Gasteiger partial charge < -0.3 is 0 Å². The number of alkyl halides is 1. The maximum Gasteiger partial charge on any atom is 0.150 e. The molecule has 2 rings (SSSR count). The van der Waals surface area contributed by atoms with E-state index < -0.39 is 9.84 Å². The van der Waals surface area contributed by atoms with Gasteiger partial charge in [0.1, 0.15) is 0 Å². The summed E-state index contributed by atoms with van der Waals surface area (Å²) in [6, 6.07) is 6.06. The number of halogens is 1. The first-order valence-corrected chi connectivity index (χ1v) is 8.07. The third-order valence-corrected chi connectivity index (χ3v) is 5.87. The molecule has 0 spiro atoms. The molecule has 1 heterocycles. The Kier molecular flexibility index (Phi) is 3.50. The summed E-state index contributed by atoms with van der Waals surface area (Å²) in [6.45, 7) is 4.06. The monoisotopic (exact) mass is 272 g/mol. The molecule has 0 radical (unpaired) electrons. The standard InChI is InChI=1S/C13H17ClO2S/c1-9-4-3-5-10(2)12(9)13(14)11-6-7-17(15,16)8-11/h3-5,11,13H,6-8H2,1-2H3. The smallest absolute Gasteiger partial charge is 0.150 e. The zero-order chi connectivity index (χ0) is 12.6. The summed E-state index contributed by atoms with van der Waals surface area (Å²) in [4.78, 5) is 0. The van der Waals surface area contributed by atoms with Crippen LogP contribution in [0.25, 0.3) is 0 Å². The molecule has 1 fully saturated rings. The van der Waals surface area contributed by atoms with Gasteiger partial charge in [-0.1, -0.05) is 18.2 Å². The molecule has 0 aromatic heterocycles. The lowest BCUT2D eigenvalue weighted by Gasteiger charge is -2.20. The van der Waals surface area contributed by atoms with Crippen molar-refractivity contribution in [3.63, 3.8) is 0 Å². The second kappa shape index (κ2) is 4.62. The Morgan fingerprint density at radius 1 is 1.29 bits per heavy atom. The van der Waals surface area contributed by atoms with E-state index in [9.17, 15) is 8.42 Å². The zero-order valence-corrected chi connectivity index (χ0v) is 11.7. The Bertz CT molecular complexity index is 502. The highest BCUT2D eigenvalue weighted by Gasteiger charge is 2.34. The van der Waals surface area contributed by atoms with Crippen LogP contribution in [0.1, 0.15) is 28.5 Å². The fraction of sp³-hybridized carbons (Fsp3) is 0.538. The van der Waals surface area contributed by atoms with Crippen LogP contribution in [-0.4, -0.2) is 19.9 Å². The molecule has 1 aromatic rings. The Hall–Kier alpha value is -0.540. The van der Waals surface area contributed by atoms with Gasteiger partial charge in [-0.3, -0.25) is 0 Å². The molecule has 4 heteroatoms. The minimum atomic E-state index is -2.86. The van der Waals surface area contributed by atoms with E-state index in [0.717, 1.165) is 16.7 Å². The van der Waals surface area contributed by atoms with Gasteiger partial charge in [0.2, 0.25) is 0 Å². The quantitative estimate of drug-likeness (QED) is 0.776. The lowest BCUT2D eigenvalue weighted by atomic mass is 9.92. The van der Waals surface area contributed by atoms with Gasteiger partial charge in [0.15, 0.2) is 9.84 Å². The van der Waals surface area contributed by atoms with Crippen molar-refractivity contribution >= 4 is 21.4 Å². The SMILES string of the molecule is Cc1cccc(C)c1C(Cl)C1CCS(=O)(=O)C1. The lowest BCUT2D eigenvalue weighted by Crippen LogP contribution is -2.12. The summed E-state index contributed by atoms with van der Waals surface area (Å²) in [5.74, 6) is 0.572. The lowest BCUT2D eigenvalue weighted by molar-refractivity contribution is 0.566. The largest absolute Gasteiger partial charge is 0.229 e. The summed E-state index contributed by atoms with van der Waals surface area (Å²) >= 11 is 6.49. The average molecular weight is 273 g/mol. The molecule has 0 aliphatic carbocycles. The molecular weight excluding hydrogens is 256 g/mol. The minimum absolute atomic E-state index is 0.0569. The first-order chi connectivity index (χ1) is 7.91. The van der Waals surface area contributed by atoms with Gasteiger partial charge in [-0.2, -0.15) is 0 Å². The predicted octanol–water partition coefficient (Wildman–Crippen LogP) is 3.02. The Morgan fingerprint density at radius 2 is 1.88 bits per heavy atom. The molecule has 0 bridgehead atoms. The number of aryl methyl sites for hydroxylation is 2. The second-order valence-corrected chi connectivity index (χ2v) is 7.57. The van der Waals surface area contributed by atoms with E-state index in [1.807, 2.05) is 32.0 Å². The van der Waals surface area contributed by atoms with Crippen molar-refractivity contribution in [3.05, 3.63) is 34.9 Å². The number of hydrogen-bond donors (Lipinski definition) is 0. The highest BCUT2D eigenvalue weighted by Crippen LogP contribution is 2.38. The second-order valence-electron chi connectivity index (χ2n) is 4.87. The summed E-state index contributed by atoms with van der Waals surface area (Å²) in [7, 11) is -2.86. The maximum atomic E-state index is 11.5. The van der Waals surface area contributed by atoms with Gasteiger partial charge in [-0.05, 0) is 42.9 Å². The van der Waals surface area contributed by atoms with Crippen molar-refractivity contribution in [2.45, 2.75) is 25.6 Å². The van der Waals surface area contributed by atoms with Crippen LogP contribution in [0.5, 0.6) is 0 Å². The van der Waals surface area contributed by atoms with E-state index in [2.05, 4.69) is 0 Å². The number of benzene rings is 1. The number of sulfone groups is 1. The maximum absolute atomic E-state index is 11.5.